The molecule has 3 rings (SSSR count). The van der Waals surface area contributed by atoms with Gasteiger partial charge >= 0.3 is 0 Å². The van der Waals surface area contributed by atoms with Crippen molar-refractivity contribution in [2.24, 2.45) is 11.3 Å². The van der Waals surface area contributed by atoms with Crippen LogP contribution in [0.4, 0.5) is 0 Å². The summed E-state index contributed by atoms with van der Waals surface area (Å²) in [6.07, 6.45) is 8.47. The fourth-order valence-electron chi connectivity index (χ4n) is 2.73. The maximum atomic E-state index is 11.5. The van der Waals surface area contributed by atoms with E-state index in [0.29, 0.717) is 25.0 Å². The minimum absolute atomic E-state index is 0.120. The predicted octanol–water partition coefficient (Wildman–Crippen LogP) is 1.13. The van der Waals surface area contributed by atoms with Crippen molar-refractivity contribution in [3.63, 3.8) is 0 Å². The Labute approximate surface area is 78.3 Å². The zero-order valence-electron chi connectivity index (χ0n) is 7.62. The van der Waals surface area contributed by atoms with Crippen LogP contribution in [-0.2, 0) is 4.79 Å². The Morgan fingerprint density at radius 1 is 1.69 bits per heavy atom. The van der Waals surface area contributed by atoms with Crippen LogP contribution in [0.2, 0.25) is 0 Å². The van der Waals surface area contributed by atoms with Gasteiger partial charge in [0.15, 0.2) is 0 Å². The van der Waals surface area contributed by atoms with Crippen molar-refractivity contribution in [2.75, 3.05) is 0 Å². The van der Waals surface area contributed by atoms with Gasteiger partial charge in [0, 0.05) is 24.2 Å². The van der Waals surface area contributed by atoms with Gasteiger partial charge in [-0.2, -0.15) is 0 Å². The van der Waals surface area contributed by atoms with Crippen molar-refractivity contribution in [3.05, 3.63) is 0 Å². The van der Waals surface area contributed by atoms with E-state index < -0.39 is 0 Å². The molecule has 3 fully saturated rings. The fraction of sp³-hybridized carbons (Fsp3) is 0.727. The molecule has 3 aliphatic rings. The smallest absolute Gasteiger partial charge is 0.136 e. The van der Waals surface area contributed by atoms with Gasteiger partial charge in [-0.1, -0.05) is 0 Å². The van der Waals surface area contributed by atoms with Gasteiger partial charge in [-0.05, 0) is 19.3 Å². The number of aliphatic hydroxyl groups excluding tert-OH is 1. The highest BCUT2D eigenvalue weighted by Crippen LogP contribution is 2.50. The van der Waals surface area contributed by atoms with Gasteiger partial charge in [0.1, 0.15) is 5.78 Å². The summed E-state index contributed by atoms with van der Waals surface area (Å²) in [5.74, 6) is 3.02. The first-order chi connectivity index (χ1) is 6.18. The summed E-state index contributed by atoms with van der Waals surface area (Å²) in [5.41, 5.74) is -0.263. The number of Topliss-reactive ketones (excluding diaryl/α,β-unsaturated/α-hetero) is 1. The Bertz CT molecular complexity index is 276. The van der Waals surface area contributed by atoms with Crippen LogP contribution in [0.25, 0.3) is 0 Å². The van der Waals surface area contributed by atoms with Crippen molar-refractivity contribution in [3.8, 4) is 12.3 Å². The fourth-order valence-corrected chi connectivity index (χ4v) is 2.73. The molecule has 2 nitrogen and oxygen atoms in total. The molecular formula is C11H14O2. The summed E-state index contributed by atoms with van der Waals surface area (Å²) in [6, 6.07) is 0. The van der Waals surface area contributed by atoms with Crippen molar-refractivity contribution in [1.29, 1.82) is 0 Å². The van der Waals surface area contributed by atoms with Gasteiger partial charge in [0.25, 0.3) is 0 Å². The molecule has 70 valence electrons. The van der Waals surface area contributed by atoms with E-state index in [-0.39, 0.29) is 17.4 Å². The predicted molar refractivity (Wildman–Crippen MR) is 48.9 cm³/mol. The minimum Gasteiger partial charge on any atom is -0.392 e. The SMILES string of the molecule is C#CCC12CCC(CC1O)C(=O)C2. The molecule has 3 atom stereocenters. The van der Waals surface area contributed by atoms with Crippen molar-refractivity contribution >= 4 is 5.78 Å². The second-order valence-corrected chi connectivity index (χ2v) is 4.37. The lowest BCUT2D eigenvalue weighted by atomic mass is 9.57. The molecule has 0 amide bonds. The van der Waals surface area contributed by atoms with E-state index in [1.54, 1.807) is 0 Å². The zero-order chi connectivity index (χ0) is 9.47. The first-order valence-electron chi connectivity index (χ1n) is 4.82. The molecule has 1 N–H and O–H groups in total. The molecule has 0 radical (unpaired) electrons. The topological polar surface area (TPSA) is 37.3 Å². The van der Waals surface area contributed by atoms with Crippen LogP contribution in [0.15, 0.2) is 0 Å². The Balaban J connectivity index is 2.25. The molecule has 0 aliphatic heterocycles. The van der Waals surface area contributed by atoms with Gasteiger partial charge in [-0.3, -0.25) is 4.79 Å². The summed E-state index contributed by atoms with van der Waals surface area (Å²) >= 11 is 0. The number of aliphatic hydroxyl groups is 1. The van der Waals surface area contributed by atoms with Crippen molar-refractivity contribution in [1.82, 2.24) is 0 Å². The first-order valence-corrected chi connectivity index (χ1v) is 4.82. The molecule has 3 saturated carbocycles. The Morgan fingerprint density at radius 3 is 3.00 bits per heavy atom. The number of ketones is 1. The van der Waals surface area contributed by atoms with Crippen LogP contribution in [0.5, 0.6) is 0 Å². The number of terminal acetylenes is 1. The summed E-state index contributed by atoms with van der Waals surface area (Å²) in [7, 11) is 0. The molecule has 2 bridgehead atoms. The molecular weight excluding hydrogens is 164 g/mol. The van der Waals surface area contributed by atoms with Crippen LogP contribution in [0.3, 0.4) is 0 Å². The van der Waals surface area contributed by atoms with Crippen LogP contribution in [0.1, 0.15) is 32.1 Å². The average Bonchev–Trinajstić information content (AvgIpc) is 2.08. The van der Waals surface area contributed by atoms with E-state index in [1.807, 2.05) is 0 Å². The van der Waals surface area contributed by atoms with Crippen LogP contribution >= 0.6 is 0 Å². The monoisotopic (exact) mass is 178 g/mol. The molecule has 2 heteroatoms. The normalized spacial score (nSPS) is 43.2. The molecule has 0 aromatic rings. The molecule has 13 heavy (non-hydrogen) atoms. The highest BCUT2D eigenvalue weighted by molar-refractivity contribution is 5.83. The summed E-state index contributed by atoms with van der Waals surface area (Å²) in [4.78, 5) is 11.5. The zero-order valence-corrected chi connectivity index (χ0v) is 7.62. The van der Waals surface area contributed by atoms with E-state index in [9.17, 15) is 9.90 Å². The number of fused-ring (bicyclic) bond motifs is 3. The maximum absolute atomic E-state index is 11.5. The lowest BCUT2D eigenvalue weighted by Gasteiger charge is -2.48. The quantitative estimate of drug-likeness (QED) is 0.611. The van der Waals surface area contributed by atoms with E-state index >= 15 is 0 Å². The highest BCUT2D eigenvalue weighted by atomic mass is 16.3. The Morgan fingerprint density at radius 2 is 2.46 bits per heavy atom. The van der Waals surface area contributed by atoms with Gasteiger partial charge < -0.3 is 5.11 Å². The second kappa shape index (κ2) is 2.85. The number of carbonyl (C=O) groups is 1. The average molecular weight is 178 g/mol. The lowest BCUT2D eigenvalue weighted by molar-refractivity contribution is -0.145. The third-order valence-electron chi connectivity index (χ3n) is 3.64. The van der Waals surface area contributed by atoms with Crippen LogP contribution in [-0.4, -0.2) is 17.0 Å². The van der Waals surface area contributed by atoms with Crippen LogP contribution < -0.4 is 0 Å². The first kappa shape index (κ1) is 8.77. The van der Waals surface area contributed by atoms with E-state index in [2.05, 4.69) is 5.92 Å². The number of carbonyl (C=O) groups excluding carboxylic acids is 1. The van der Waals surface area contributed by atoms with Crippen molar-refractivity contribution in [2.45, 2.75) is 38.2 Å². The van der Waals surface area contributed by atoms with Gasteiger partial charge in [0.05, 0.1) is 6.10 Å². The van der Waals surface area contributed by atoms with Gasteiger partial charge in [0.2, 0.25) is 0 Å². The summed E-state index contributed by atoms with van der Waals surface area (Å²) < 4.78 is 0. The minimum atomic E-state index is -0.347. The van der Waals surface area contributed by atoms with E-state index in [4.69, 9.17) is 6.42 Å². The maximum Gasteiger partial charge on any atom is 0.136 e. The van der Waals surface area contributed by atoms with Crippen LogP contribution in [0, 0.1) is 23.7 Å². The summed E-state index contributed by atoms with van der Waals surface area (Å²) in [5, 5.41) is 9.85. The molecule has 0 aromatic heterocycles. The highest BCUT2D eigenvalue weighted by Gasteiger charge is 2.50. The standard InChI is InChI=1S/C11H14O2/c1-2-4-11-5-3-8(6-10(11)13)9(12)7-11/h1,8,10,13H,3-7H2. The molecule has 0 saturated heterocycles. The largest absolute Gasteiger partial charge is 0.392 e. The lowest BCUT2D eigenvalue weighted by Crippen LogP contribution is -2.50. The molecule has 3 unspecified atom stereocenters. The third kappa shape index (κ3) is 1.19. The number of hydrogen-bond donors (Lipinski definition) is 1. The van der Waals surface area contributed by atoms with E-state index in [1.165, 1.54) is 0 Å². The number of rotatable bonds is 1. The van der Waals surface area contributed by atoms with E-state index in [0.717, 1.165) is 12.8 Å². The Kier molecular flexibility index (Phi) is 1.92. The number of hydrogen-bond acceptors (Lipinski definition) is 2. The van der Waals surface area contributed by atoms with Gasteiger partial charge in [-0.25, -0.2) is 0 Å². The summed E-state index contributed by atoms with van der Waals surface area (Å²) in [6.45, 7) is 0. The molecule has 0 heterocycles. The third-order valence-corrected chi connectivity index (χ3v) is 3.64. The second-order valence-electron chi connectivity index (χ2n) is 4.37. The van der Waals surface area contributed by atoms with Gasteiger partial charge in [-0.15, -0.1) is 12.3 Å². The molecule has 3 aliphatic carbocycles. The molecule has 0 spiro atoms. The van der Waals surface area contributed by atoms with Crippen molar-refractivity contribution < 1.29 is 9.90 Å². The molecule has 0 aromatic carbocycles. The Hall–Kier alpha value is -0.810.